The fourth-order valence-electron chi connectivity index (χ4n) is 4.43. The molecule has 38 heavy (non-hydrogen) atoms. The van der Waals surface area contributed by atoms with E-state index in [1.165, 1.54) is 24.3 Å². The van der Waals surface area contributed by atoms with Crippen LogP contribution in [0.1, 0.15) is 5.69 Å². The van der Waals surface area contributed by atoms with Crippen molar-refractivity contribution in [2.24, 2.45) is 5.16 Å². The second kappa shape index (κ2) is 11.4. The minimum atomic E-state index is -1.76. The number of thioether (sulfide) groups is 1. The van der Waals surface area contributed by atoms with E-state index in [0.717, 1.165) is 29.3 Å². The summed E-state index contributed by atoms with van der Waals surface area (Å²) < 4.78 is 4.92. The zero-order valence-corrected chi connectivity index (χ0v) is 22.0. The van der Waals surface area contributed by atoms with Gasteiger partial charge in [-0.2, -0.15) is 0 Å². The van der Waals surface area contributed by atoms with Gasteiger partial charge in [0.25, 0.3) is 18.3 Å². The second-order valence-electron chi connectivity index (χ2n) is 8.48. The van der Waals surface area contributed by atoms with Gasteiger partial charge in [-0.1, -0.05) is 5.16 Å². The lowest BCUT2D eigenvalue weighted by Crippen LogP contribution is -2.82. The molecule has 1 aromatic heterocycles. The second-order valence-corrected chi connectivity index (χ2v) is 10.4. The van der Waals surface area contributed by atoms with Crippen LogP contribution in [0.4, 0.5) is 5.13 Å². The van der Waals surface area contributed by atoms with Crippen molar-refractivity contribution in [1.29, 1.82) is 0 Å². The van der Waals surface area contributed by atoms with Gasteiger partial charge in [0.2, 0.25) is 6.41 Å². The molecule has 4 rings (SSSR count). The van der Waals surface area contributed by atoms with Gasteiger partial charge < -0.3 is 35.1 Å². The number of anilines is 1. The Bertz CT molecular complexity index is 1200. The van der Waals surface area contributed by atoms with Crippen molar-refractivity contribution in [2.75, 3.05) is 58.0 Å². The first-order valence-corrected chi connectivity index (χ1v) is 13.2. The fourth-order valence-corrected chi connectivity index (χ4v) is 6.59. The molecular weight excluding hydrogens is 542 g/mol. The lowest BCUT2D eigenvalue weighted by Gasteiger charge is -2.57. The summed E-state index contributed by atoms with van der Waals surface area (Å²) in [5.74, 6) is -2.62. The Morgan fingerprint density at radius 1 is 1.32 bits per heavy atom. The Balaban J connectivity index is 1.64. The van der Waals surface area contributed by atoms with E-state index in [2.05, 4.69) is 25.7 Å². The predicted molar refractivity (Wildman–Crippen MR) is 135 cm³/mol. The van der Waals surface area contributed by atoms with E-state index in [1.807, 2.05) is 11.9 Å². The van der Waals surface area contributed by atoms with Crippen LogP contribution >= 0.6 is 23.1 Å². The Labute approximate surface area is 224 Å². The maximum absolute atomic E-state index is 13.6. The molecule has 2 saturated heterocycles. The molecule has 2 atom stereocenters. The smallest absolute Gasteiger partial charge is 0.354 e. The number of nitrogens with zero attached hydrogens (tertiary/aromatic N) is 5. The molecule has 3 aliphatic rings. The maximum atomic E-state index is 13.6. The number of hydrogen-bond acceptors (Lipinski definition) is 13. The SMILES string of the molecule is CON=C(C(=O)NC1(COC=O)C(=O)N2C(C(=O)O)=C(N3CCN(C)CC3)CS[C@H]21)c1csc(NC=O)n1. The molecule has 4 heterocycles. The average molecular weight is 568 g/mol. The third kappa shape index (κ3) is 4.91. The van der Waals surface area contributed by atoms with Crippen molar-refractivity contribution < 1.29 is 38.7 Å². The monoisotopic (exact) mass is 567 g/mol. The molecule has 1 aromatic rings. The minimum absolute atomic E-state index is 0.0635. The Morgan fingerprint density at radius 2 is 2.05 bits per heavy atom. The van der Waals surface area contributed by atoms with E-state index in [1.54, 1.807) is 0 Å². The van der Waals surface area contributed by atoms with Crippen molar-refractivity contribution in [1.82, 2.24) is 25.0 Å². The van der Waals surface area contributed by atoms with Crippen LogP contribution in [0.15, 0.2) is 21.9 Å². The van der Waals surface area contributed by atoms with Crippen molar-refractivity contribution in [3.05, 3.63) is 22.5 Å². The molecule has 15 nitrogen and oxygen atoms in total. The van der Waals surface area contributed by atoms with Gasteiger partial charge in [-0.25, -0.2) is 9.78 Å². The molecule has 0 spiro atoms. The van der Waals surface area contributed by atoms with Gasteiger partial charge in [0, 0.05) is 37.3 Å². The minimum Gasteiger partial charge on any atom is -0.477 e. The number of rotatable bonds is 11. The molecule has 1 unspecified atom stereocenters. The molecule has 0 bridgehead atoms. The number of aliphatic carboxylic acids is 1. The van der Waals surface area contributed by atoms with Gasteiger partial charge in [-0.15, -0.1) is 23.1 Å². The van der Waals surface area contributed by atoms with Crippen LogP contribution in [0.3, 0.4) is 0 Å². The highest BCUT2D eigenvalue weighted by atomic mass is 32.2. The first-order valence-electron chi connectivity index (χ1n) is 11.3. The zero-order chi connectivity index (χ0) is 27.4. The number of hydrogen-bond donors (Lipinski definition) is 3. The van der Waals surface area contributed by atoms with E-state index >= 15 is 0 Å². The molecular formula is C21H25N7O8S2. The fraction of sp³-hybridized carbons (Fsp3) is 0.476. The van der Waals surface area contributed by atoms with Crippen molar-refractivity contribution in [3.8, 4) is 0 Å². The van der Waals surface area contributed by atoms with E-state index < -0.39 is 35.3 Å². The molecule has 3 amide bonds. The van der Waals surface area contributed by atoms with Gasteiger partial charge in [-0.3, -0.25) is 24.1 Å². The number of β-lactam (4-membered cyclic amide) rings is 1. The Kier molecular flexibility index (Phi) is 8.17. The summed E-state index contributed by atoms with van der Waals surface area (Å²) in [6, 6.07) is 0. The highest BCUT2D eigenvalue weighted by Gasteiger charge is 2.66. The first kappa shape index (κ1) is 27.3. The van der Waals surface area contributed by atoms with Crippen molar-refractivity contribution >= 4 is 64.6 Å². The summed E-state index contributed by atoms with van der Waals surface area (Å²) in [5.41, 5.74) is -1.63. The maximum Gasteiger partial charge on any atom is 0.354 e. The van der Waals surface area contributed by atoms with E-state index in [-0.39, 0.29) is 34.5 Å². The van der Waals surface area contributed by atoms with Crippen LogP contribution < -0.4 is 10.6 Å². The van der Waals surface area contributed by atoms with Crippen LogP contribution in [0, 0.1) is 0 Å². The van der Waals surface area contributed by atoms with Crippen LogP contribution in [-0.4, -0.2) is 125 Å². The third-order valence-electron chi connectivity index (χ3n) is 6.28. The van der Waals surface area contributed by atoms with E-state index in [0.29, 0.717) is 25.2 Å². The van der Waals surface area contributed by atoms with Gasteiger partial charge in [0.1, 0.15) is 24.8 Å². The number of carboxylic acid groups (broad SMARTS) is 1. The quantitative estimate of drug-likeness (QED) is 0.123. The van der Waals surface area contributed by atoms with Gasteiger partial charge in [-0.05, 0) is 7.05 Å². The standard InChI is InChI=1S/C21H25N7O8S2/c1-26-3-5-27(6-4-26)13-8-37-19-21(9-36-11-30,18(34)28(19)15(13)17(32)33)24-16(31)14(25-35-2)12-7-38-20(23-12)22-10-29/h7,10-11,19H,3-6,8-9H2,1-2H3,(H,24,31)(H,32,33)(H,22,23,29)/t19-,21?/m0/s1. The Hall–Kier alpha value is -3.70. The first-order chi connectivity index (χ1) is 18.3. The number of likely N-dealkylation sites (N-methyl/N-ethyl adjacent to an activating group) is 1. The lowest BCUT2D eigenvalue weighted by molar-refractivity contribution is -0.164. The van der Waals surface area contributed by atoms with E-state index in [9.17, 15) is 29.1 Å². The number of carbonyl (C=O) groups is 5. The summed E-state index contributed by atoms with van der Waals surface area (Å²) in [5, 5.41) is 19.5. The number of piperazine rings is 1. The molecule has 3 N–H and O–H groups in total. The number of nitrogens with one attached hydrogen (secondary N) is 2. The molecule has 0 aliphatic carbocycles. The summed E-state index contributed by atoms with van der Waals surface area (Å²) in [6.45, 7) is 2.32. The van der Waals surface area contributed by atoms with Gasteiger partial charge in [0.15, 0.2) is 22.1 Å². The van der Waals surface area contributed by atoms with Crippen LogP contribution in [-0.2, 0) is 33.5 Å². The number of carboxylic acids is 1. The summed E-state index contributed by atoms with van der Waals surface area (Å²) in [7, 11) is 3.19. The topological polar surface area (TPSA) is 183 Å². The molecule has 0 aromatic carbocycles. The summed E-state index contributed by atoms with van der Waals surface area (Å²) >= 11 is 2.29. The predicted octanol–water partition coefficient (Wildman–Crippen LogP) is -1.45. The number of ether oxygens (including phenoxy) is 1. The number of oxime groups is 1. The number of fused-ring (bicyclic) bond motifs is 1. The number of amides is 3. The summed E-state index contributed by atoms with van der Waals surface area (Å²) in [4.78, 5) is 75.2. The molecule has 204 valence electrons. The van der Waals surface area contributed by atoms with Crippen molar-refractivity contribution in [3.63, 3.8) is 0 Å². The van der Waals surface area contributed by atoms with Crippen LogP contribution in [0.25, 0.3) is 0 Å². The van der Waals surface area contributed by atoms with Crippen LogP contribution in [0.5, 0.6) is 0 Å². The molecule has 17 heteroatoms. The van der Waals surface area contributed by atoms with Crippen molar-refractivity contribution in [2.45, 2.75) is 10.9 Å². The largest absolute Gasteiger partial charge is 0.477 e. The van der Waals surface area contributed by atoms with Crippen LogP contribution in [0.2, 0.25) is 0 Å². The third-order valence-corrected chi connectivity index (χ3v) is 8.42. The average Bonchev–Trinajstić information content (AvgIpc) is 3.37. The highest BCUT2D eigenvalue weighted by Crippen LogP contribution is 2.47. The number of thiazole rings is 1. The van der Waals surface area contributed by atoms with Gasteiger partial charge >= 0.3 is 5.97 Å². The molecule has 0 radical (unpaired) electrons. The Morgan fingerprint density at radius 3 is 2.68 bits per heavy atom. The normalized spacial score (nSPS) is 23.8. The lowest BCUT2D eigenvalue weighted by atomic mass is 9.86. The molecule has 3 aliphatic heterocycles. The summed E-state index contributed by atoms with van der Waals surface area (Å²) in [6.07, 6.45) is 0.424. The highest BCUT2D eigenvalue weighted by molar-refractivity contribution is 8.00. The number of carbonyl (C=O) groups excluding carboxylic acids is 4. The van der Waals surface area contributed by atoms with E-state index in [4.69, 9.17) is 9.57 Å². The molecule has 0 saturated carbocycles. The molecule has 2 fully saturated rings. The number of aromatic nitrogens is 1. The van der Waals surface area contributed by atoms with Gasteiger partial charge in [0.05, 0.1) is 5.70 Å². The zero-order valence-electron chi connectivity index (χ0n) is 20.4.